The van der Waals surface area contributed by atoms with E-state index in [2.05, 4.69) is 41.2 Å². The lowest BCUT2D eigenvalue weighted by Gasteiger charge is -2.16. The number of aromatic carboxylic acids is 1. The lowest BCUT2D eigenvalue weighted by atomic mass is 10.2. The van der Waals surface area contributed by atoms with E-state index < -0.39 is 26.0 Å². The maximum absolute atomic E-state index is 12.6. The molecular weight excluding hydrogens is 844 g/mol. The molecule has 2 heterocycles. The Labute approximate surface area is 350 Å². The van der Waals surface area contributed by atoms with Gasteiger partial charge in [-0.1, -0.05) is 59.6 Å². The lowest BCUT2D eigenvalue weighted by molar-refractivity contribution is 0.0697. The van der Waals surface area contributed by atoms with Crippen molar-refractivity contribution < 1.29 is 31.8 Å². The highest BCUT2D eigenvalue weighted by Crippen LogP contribution is 2.31. The summed E-state index contributed by atoms with van der Waals surface area (Å²) in [5, 5.41) is 30.4. The van der Waals surface area contributed by atoms with E-state index in [9.17, 15) is 21.6 Å². The number of benzene rings is 4. The van der Waals surface area contributed by atoms with Gasteiger partial charge in [0.25, 0.3) is 0 Å². The Bertz CT molecular complexity index is 2660. The maximum atomic E-state index is 12.6. The number of sulfonamides is 2. The molecule has 0 fully saturated rings. The topological polar surface area (TPSA) is 232 Å². The molecule has 0 radical (unpaired) electrons. The summed E-state index contributed by atoms with van der Waals surface area (Å²) in [5.41, 5.74) is 2.89. The normalized spacial score (nSPS) is 11.4. The highest BCUT2D eigenvalue weighted by Gasteiger charge is 2.23. The third kappa shape index (κ3) is 11.2. The zero-order valence-electron chi connectivity index (χ0n) is 31.8. The Kier molecular flexibility index (Phi) is 14.4. The van der Waals surface area contributed by atoms with Crippen molar-refractivity contribution in [2.75, 3.05) is 49.5 Å². The van der Waals surface area contributed by atoms with Crippen molar-refractivity contribution in [1.82, 2.24) is 28.5 Å². The second-order valence-electron chi connectivity index (χ2n) is 12.6. The number of halogens is 2. The van der Waals surface area contributed by atoms with Crippen LogP contribution in [-0.4, -0.2) is 89.8 Å². The number of nitrogens with zero attached hydrogens (tertiary/aromatic N) is 6. The number of aliphatic hydroxyl groups excluding tert-OH is 1. The van der Waals surface area contributed by atoms with Crippen LogP contribution in [0.5, 0.6) is 0 Å². The van der Waals surface area contributed by atoms with Crippen LogP contribution in [0.25, 0.3) is 0 Å². The third-order valence-corrected chi connectivity index (χ3v) is 12.4. The lowest BCUT2D eigenvalue weighted by Crippen LogP contribution is -2.23. The summed E-state index contributed by atoms with van der Waals surface area (Å²) < 4.78 is 52.6. The molecular formula is C38H38Cl2N10O7S2. The number of carboxylic acid groups (broad SMARTS) is 1. The SMILES string of the molecule is CN(C)S(=O)(=O)c1ccccc1Nc1nc(Nc2ccc(C(=O)O)cc2)ncc1Cl.CN(C)S(=O)(=O)c1ccccc1Nc1nc(Nc2ccc(CO)cc2)ncc1Cl. The van der Waals surface area contributed by atoms with Gasteiger partial charge in [0.15, 0.2) is 11.6 Å². The van der Waals surface area contributed by atoms with Gasteiger partial charge in [-0.25, -0.2) is 40.2 Å². The van der Waals surface area contributed by atoms with Crippen molar-refractivity contribution in [3.63, 3.8) is 0 Å². The number of aromatic nitrogens is 4. The fourth-order valence-corrected chi connectivity index (χ4v) is 7.27. The van der Waals surface area contributed by atoms with Crippen molar-refractivity contribution >= 4 is 95.5 Å². The van der Waals surface area contributed by atoms with Gasteiger partial charge in [-0.2, -0.15) is 9.97 Å². The number of hydrogen-bond acceptors (Lipinski definition) is 14. The first-order valence-electron chi connectivity index (χ1n) is 17.2. The summed E-state index contributed by atoms with van der Waals surface area (Å²) in [6.07, 6.45) is 2.79. The number of anilines is 8. The number of carbonyl (C=O) groups is 1. The maximum Gasteiger partial charge on any atom is 0.335 e. The van der Waals surface area contributed by atoms with Gasteiger partial charge in [0.1, 0.15) is 19.8 Å². The molecule has 59 heavy (non-hydrogen) atoms. The number of aliphatic hydroxyl groups is 1. The number of rotatable bonds is 14. The molecule has 6 rings (SSSR count). The zero-order chi connectivity index (χ0) is 42.9. The molecule has 0 spiro atoms. The Hall–Kier alpha value is -5.93. The van der Waals surface area contributed by atoms with E-state index in [0.717, 1.165) is 19.9 Å². The van der Waals surface area contributed by atoms with E-state index in [1.54, 1.807) is 72.8 Å². The Balaban J connectivity index is 0.000000224. The summed E-state index contributed by atoms with van der Waals surface area (Å²) in [7, 11) is -1.52. The minimum atomic E-state index is -3.69. The van der Waals surface area contributed by atoms with E-state index in [0.29, 0.717) is 17.1 Å². The quantitative estimate of drug-likeness (QED) is 0.0652. The number of para-hydroxylation sites is 2. The minimum absolute atomic E-state index is 0.0406. The van der Waals surface area contributed by atoms with Gasteiger partial charge in [0, 0.05) is 39.6 Å². The second-order valence-corrected chi connectivity index (χ2v) is 17.6. The largest absolute Gasteiger partial charge is 0.478 e. The Morgan fingerprint density at radius 1 is 0.610 bits per heavy atom. The molecule has 0 saturated carbocycles. The standard InChI is InChI=1S/C19H18ClN5O4S.C19H20ClN5O3S/c1-25(2)30(28,29)16-6-4-3-5-15(16)23-17-14(20)11-21-19(24-17)22-13-9-7-12(8-10-13)18(26)27;1-25(2)29(27,28)17-6-4-3-5-16(17)23-18-15(20)11-21-19(24-18)22-14-9-7-13(12-26)8-10-14/h3-11H,1-2H3,(H,26,27)(H2,21,22,23,24);3-11,26H,12H2,1-2H3,(H2,21,22,23,24). The van der Waals surface area contributed by atoms with Gasteiger partial charge in [-0.15, -0.1) is 0 Å². The first kappa shape index (κ1) is 44.2. The van der Waals surface area contributed by atoms with Gasteiger partial charge in [0.2, 0.25) is 31.9 Å². The van der Waals surface area contributed by atoms with Gasteiger partial charge in [0.05, 0.1) is 35.9 Å². The minimum Gasteiger partial charge on any atom is -0.478 e. The summed E-state index contributed by atoms with van der Waals surface area (Å²) in [4.78, 5) is 28.0. The molecule has 0 amide bonds. The number of carboxylic acids is 1. The van der Waals surface area contributed by atoms with Crippen molar-refractivity contribution in [2.24, 2.45) is 0 Å². The first-order valence-corrected chi connectivity index (χ1v) is 20.8. The second kappa shape index (κ2) is 19.2. The molecule has 308 valence electrons. The van der Waals surface area contributed by atoms with E-state index in [4.69, 9.17) is 33.4 Å². The van der Waals surface area contributed by atoms with Crippen molar-refractivity contribution in [3.8, 4) is 0 Å². The monoisotopic (exact) mass is 880 g/mol. The smallest absolute Gasteiger partial charge is 0.335 e. The molecule has 2 aromatic heterocycles. The molecule has 0 unspecified atom stereocenters. The molecule has 0 saturated heterocycles. The molecule has 0 aliphatic heterocycles. The third-order valence-electron chi connectivity index (χ3n) is 8.07. The van der Waals surface area contributed by atoms with Gasteiger partial charge < -0.3 is 31.5 Å². The molecule has 4 aromatic carbocycles. The van der Waals surface area contributed by atoms with Crippen LogP contribution in [-0.2, 0) is 26.7 Å². The average molecular weight is 882 g/mol. The molecule has 0 atom stereocenters. The van der Waals surface area contributed by atoms with E-state index in [-0.39, 0.29) is 55.5 Å². The van der Waals surface area contributed by atoms with Crippen LogP contribution in [0.3, 0.4) is 0 Å². The fourth-order valence-electron chi connectivity index (χ4n) is 4.92. The predicted molar refractivity (Wildman–Crippen MR) is 228 cm³/mol. The predicted octanol–water partition coefficient (Wildman–Crippen LogP) is 6.93. The van der Waals surface area contributed by atoms with Crippen LogP contribution in [0.2, 0.25) is 10.0 Å². The Morgan fingerprint density at radius 3 is 1.37 bits per heavy atom. The van der Waals surface area contributed by atoms with Crippen molar-refractivity contribution in [2.45, 2.75) is 16.4 Å². The van der Waals surface area contributed by atoms with E-state index in [1.165, 1.54) is 64.8 Å². The van der Waals surface area contributed by atoms with Crippen LogP contribution in [0.4, 0.5) is 46.3 Å². The summed E-state index contributed by atoms with van der Waals surface area (Å²) in [6.45, 7) is -0.0406. The fraction of sp³-hybridized carbons (Fsp3) is 0.132. The van der Waals surface area contributed by atoms with Crippen LogP contribution in [0.15, 0.2) is 119 Å². The Morgan fingerprint density at radius 2 is 1.00 bits per heavy atom. The first-order chi connectivity index (χ1) is 28.0. The summed E-state index contributed by atoms with van der Waals surface area (Å²) in [6, 6.07) is 26.1. The van der Waals surface area contributed by atoms with E-state index in [1.807, 2.05) is 0 Å². The molecule has 0 aliphatic rings. The number of nitrogens with one attached hydrogen (secondary N) is 4. The number of hydrogen-bond donors (Lipinski definition) is 6. The van der Waals surface area contributed by atoms with Gasteiger partial charge in [-0.3, -0.25) is 0 Å². The zero-order valence-corrected chi connectivity index (χ0v) is 34.9. The van der Waals surface area contributed by atoms with Crippen LogP contribution < -0.4 is 21.3 Å². The van der Waals surface area contributed by atoms with Gasteiger partial charge in [-0.05, 0) is 66.2 Å². The molecule has 17 nitrogen and oxygen atoms in total. The molecule has 6 aromatic rings. The summed E-state index contributed by atoms with van der Waals surface area (Å²) in [5.74, 6) is -0.0862. The van der Waals surface area contributed by atoms with Crippen LogP contribution in [0, 0.1) is 0 Å². The molecule has 21 heteroatoms. The van der Waals surface area contributed by atoms with Crippen LogP contribution in [0.1, 0.15) is 15.9 Å². The average Bonchev–Trinajstić information content (AvgIpc) is 3.21. The molecule has 0 aliphatic carbocycles. The van der Waals surface area contributed by atoms with Crippen molar-refractivity contribution in [1.29, 1.82) is 0 Å². The van der Waals surface area contributed by atoms with E-state index >= 15 is 0 Å². The highest BCUT2D eigenvalue weighted by molar-refractivity contribution is 7.89. The van der Waals surface area contributed by atoms with Gasteiger partial charge >= 0.3 is 5.97 Å². The molecule has 6 N–H and O–H groups in total. The highest BCUT2D eigenvalue weighted by atomic mass is 35.5. The molecule has 0 bridgehead atoms. The van der Waals surface area contributed by atoms with Crippen molar-refractivity contribution in [3.05, 3.63) is 131 Å². The summed E-state index contributed by atoms with van der Waals surface area (Å²) >= 11 is 12.4. The van der Waals surface area contributed by atoms with Crippen LogP contribution >= 0.6 is 23.2 Å².